The third-order valence-electron chi connectivity index (χ3n) is 4.62. The number of pyridine rings is 1. The van der Waals surface area contributed by atoms with Crippen molar-refractivity contribution in [2.45, 2.75) is 27.7 Å². The third-order valence-corrected chi connectivity index (χ3v) is 4.85. The molecule has 3 heterocycles. The summed E-state index contributed by atoms with van der Waals surface area (Å²) < 4.78 is 11.0. The van der Waals surface area contributed by atoms with Crippen molar-refractivity contribution in [1.82, 2.24) is 10.1 Å². The van der Waals surface area contributed by atoms with Crippen molar-refractivity contribution < 1.29 is 13.7 Å². The Labute approximate surface area is 166 Å². The molecule has 0 saturated heterocycles. The molecule has 1 aromatic carbocycles. The Morgan fingerprint density at radius 2 is 1.89 bits per heavy atom. The Hall–Kier alpha value is -3.12. The topological polar surface area (TPSA) is 81.2 Å². The molecule has 1 N–H and O–H groups in total. The Morgan fingerprint density at radius 3 is 2.57 bits per heavy atom. The number of aryl methyl sites for hydroxylation is 4. The second kappa shape index (κ2) is 6.80. The number of nitrogens with one attached hydrogen (secondary N) is 1. The summed E-state index contributed by atoms with van der Waals surface area (Å²) in [6, 6.07) is 8.94. The molecule has 0 spiro atoms. The van der Waals surface area contributed by atoms with Gasteiger partial charge in [-0.1, -0.05) is 16.8 Å². The molecule has 7 heteroatoms. The van der Waals surface area contributed by atoms with E-state index in [1.807, 2.05) is 26.8 Å². The number of hydrogen-bond acceptors (Lipinski definition) is 5. The SMILES string of the molecule is Cc1cc(-c2cc(C(=O)Nc3ccc(Cl)cc3C)c3c(C)noc3n2)c(C)o1. The highest BCUT2D eigenvalue weighted by Gasteiger charge is 2.21. The van der Waals surface area contributed by atoms with Gasteiger partial charge < -0.3 is 14.3 Å². The number of furan rings is 1. The van der Waals surface area contributed by atoms with Crippen molar-refractivity contribution >= 4 is 34.3 Å². The molecule has 3 aromatic heterocycles. The van der Waals surface area contributed by atoms with Crippen molar-refractivity contribution in [2.75, 3.05) is 5.32 Å². The predicted octanol–water partition coefficient (Wildman–Crippen LogP) is 5.62. The number of rotatable bonds is 3. The van der Waals surface area contributed by atoms with E-state index < -0.39 is 0 Å². The molecule has 142 valence electrons. The van der Waals surface area contributed by atoms with Crippen LogP contribution in [-0.4, -0.2) is 16.0 Å². The summed E-state index contributed by atoms with van der Waals surface area (Å²) in [6.07, 6.45) is 0. The molecule has 4 aromatic rings. The molecule has 0 atom stereocenters. The minimum Gasteiger partial charge on any atom is -0.466 e. The number of carbonyl (C=O) groups is 1. The highest BCUT2D eigenvalue weighted by Crippen LogP contribution is 2.31. The van der Waals surface area contributed by atoms with Crippen LogP contribution < -0.4 is 5.32 Å². The van der Waals surface area contributed by atoms with Gasteiger partial charge >= 0.3 is 0 Å². The summed E-state index contributed by atoms with van der Waals surface area (Å²) in [5.41, 5.74) is 4.31. The minimum atomic E-state index is -0.275. The first-order valence-electron chi connectivity index (χ1n) is 8.75. The van der Waals surface area contributed by atoms with Crippen LogP contribution in [0.1, 0.15) is 33.1 Å². The first-order chi connectivity index (χ1) is 13.3. The molecule has 0 aliphatic rings. The number of carbonyl (C=O) groups excluding carboxylic acids is 1. The highest BCUT2D eigenvalue weighted by atomic mass is 35.5. The van der Waals surface area contributed by atoms with E-state index in [1.165, 1.54) is 0 Å². The molecule has 0 unspecified atom stereocenters. The highest BCUT2D eigenvalue weighted by molar-refractivity contribution is 6.30. The number of hydrogen-bond donors (Lipinski definition) is 1. The van der Waals surface area contributed by atoms with Gasteiger partial charge in [0, 0.05) is 16.3 Å². The van der Waals surface area contributed by atoms with Gasteiger partial charge in [0.05, 0.1) is 22.3 Å². The molecule has 28 heavy (non-hydrogen) atoms. The maximum atomic E-state index is 13.1. The van der Waals surface area contributed by atoms with Crippen LogP contribution in [0.5, 0.6) is 0 Å². The zero-order valence-electron chi connectivity index (χ0n) is 15.9. The zero-order valence-corrected chi connectivity index (χ0v) is 16.6. The number of amides is 1. The Bertz CT molecular complexity index is 1220. The van der Waals surface area contributed by atoms with Crippen LogP contribution in [0.25, 0.3) is 22.4 Å². The van der Waals surface area contributed by atoms with Crippen LogP contribution in [0.4, 0.5) is 5.69 Å². The summed E-state index contributed by atoms with van der Waals surface area (Å²) in [6.45, 7) is 7.39. The molecule has 0 aliphatic heterocycles. The summed E-state index contributed by atoms with van der Waals surface area (Å²) in [4.78, 5) is 17.7. The maximum Gasteiger partial charge on any atom is 0.259 e. The van der Waals surface area contributed by atoms with E-state index in [1.54, 1.807) is 31.2 Å². The lowest BCUT2D eigenvalue weighted by atomic mass is 10.0. The largest absolute Gasteiger partial charge is 0.466 e. The normalized spacial score (nSPS) is 11.2. The molecular weight excluding hydrogens is 378 g/mol. The van der Waals surface area contributed by atoms with Crippen LogP contribution in [0.3, 0.4) is 0 Å². The molecule has 0 bridgehead atoms. The third kappa shape index (κ3) is 3.16. The minimum absolute atomic E-state index is 0.275. The zero-order chi connectivity index (χ0) is 20.0. The Kier molecular flexibility index (Phi) is 4.43. The number of aromatic nitrogens is 2. The molecule has 0 fully saturated rings. The van der Waals surface area contributed by atoms with Crippen molar-refractivity contribution in [3.8, 4) is 11.3 Å². The molecule has 6 nitrogen and oxygen atoms in total. The van der Waals surface area contributed by atoms with Gasteiger partial charge in [-0.2, -0.15) is 0 Å². The Balaban J connectivity index is 1.83. The first-order valence-corrected chi connectivity index (χ1v) is 9.13. The monoisotopic (exact) mass is 395 g/mol. The second-order valence-electron chi connectivity index (χ2n) is 6.74. The van der Waals surface area contributed by atoms with Gasteiger partial charge in [0.2, 0.25) is 0 Å². The molecule has 1 amide bonds. The Morgan fingerprint density at radius 1 is 1.11 bits per heavy atom. The first kappa shape index (κ1) is 18.3. The lowest BCUT2D eigenvalue weighted by Gasteiger charge is -2.10. The fraction of sp³-hybridized carbons (Fsp3) is 0.190. The van der Waals surface area contributed by atoms with E-state index in [0.717, 1.165) is 22.6 Å². The van der Waals surface area contributed by atoms with Crippen LogP contribution >= 0.6 is 11.6 Å². The smallest absolute Gasteiger partial charge is 0.259 e. The van der Waals surface area contributed by atoms with Crippen molar-refractivity contribution in [2.24, 2.45) is 0 Å². The van der Waals surface area contributed by atoms with E-state index >= 15 is 0 Å². The van der Waals surface area contributed by atoms with Gasteiger partial charge in [-0.05, 0) is 63.6 Å². The average molecular weight is 396 g/mol. The molecule has 0 radical (unpaired) electrons. The van der Waals surface area contributed by atoms with E-state index in [-0.39, 0.29) is 5.91 Å². The summed E-state index contributed by atoms with van der Waals surface area (Å²) >= 11 is 6.01. The summed E-state index contributed by atoms with van der Waals surface area (Å²) in [5.74, 6) is 1.22. The van der Waals surface area contributed by atoms with Gasteiger partial charge in [-0.25, -0.2) is 4.98 Å². The van der Waals surface area contributed by atoms with Crippen LogP contribution in [0, 0.1) is 27.7 Å². The standard InChI is InChI=1S/C21H18ClN3O3/c1-10-7-14(22)5-6-17(10)23-20(26)16-9-18(15-8-11(2)27-13(15)4)24-21-19(16)12(3)25-28-21/h5-9H,1-4H3,(H,23,26). The predicted molar refractivity (Wildman–Crippen MR) is 108 cm³/mol. The van der Waals surface area contributed by atoms with E-state index in [9.17, 15) is 4.79 Å². The fourth-order valence-electron chi connectivity index (χ4n) is 3.25. The van der Waals surface area contributed by atoms with Crippen molar-refractivity contribution in [3.05, 3.63) is 63.7 Å². The number of anilines is 1. The van der Waals surface area contributed by atoms with Crippen molar-refractivity contribution in [1.29, 1.82) is 0 Å². The number of halogens is 1. The van der Waals surface area contributed by atoms with E-state index in [0.29, 0.717) is 38.8 Å². The number of fused-ring (bicyclic) bond motifs is 1. The van der Waals surface area contributed by atoms with E-state index in [4.69, 9.17) is 20.5 Å². The number of benzene rings is 1. The summed E-state index contributed by atoms with van der Waals surface area (Å²) in [7, 11) is 0. The fourth-order valence-corrected chi connectivity index (χ4v) is 3.48. The van der Waals surface area contributed by atoms with Gasteiger partial charge in [-0.3, -0.25) is 4.79 Å². The number of nitrogens with zero attached hydrogens (tertiary/aromatic N) is 2. The van der Waals surface area contributed by atoms with Crippen molar-refractivity contribution in [3.63, 3.8) is 0 Å². The lowest BCUT2D eigenvalue weighted by molar-refractivity contribution is 0.102. The lowest BCUT2D eigenvalue weighted by Crippen LogP contribution is -2.14. The van der Waals surface area contributed by atoms with Gasteiger partial charge in [0.25, 0.3) is 11.6 Å². The van der Waals surface area contributed by atoms with Gasteiger partial charge in [-0.15, -0.1) is 0 Å². The van der Waals surface area contributed by atoms with Gasteiger partial charge in [0.15, 0.2) is 0 Å². The molecule has 4 rings (SSSR count). The summed E-state index contributed by atoms with van der Waals surface area (Å²) in [5, 5.41) is 8.13. The van der Waals surface area contributed by atoms with Crippen LogP contribution in [-0.2, 0) is 0 Å². The van der Waals surface area contributed by atoms with Crippen LogP contribution in [0.15, 0.2) is 39.3 Å². The molecule has 0 saturated carbocycles. The second-order valence-corrected chi connectivity index (χ2v) is 7.18. The maximum absolute atomic E-state index is 13.1. The van der Waals surface area contributed by atoms with E-state index in [2.05, 4.69) is 15.5 Å². The average Bonchev–Trinajstić information content (AvgIpc) is 3.18. The quantitative estimate of drug-likeness (QED) is 0.486. The molecule has 0 aliphatic carbocycles. The van der Waals surface area contributed by atoms with Crippen LogP contribution in [0.2, 0.25) is 5.02 Å². The molecular formula is C21H18ClN3O3. The van der Waals surface area contributed by atoms with Gasteiger partial charge in [0.1, 0.15) is 11.5 Å².